The van der Waals surface area contributed by atoms with Crippen molar-refractivity contribution in [3.8, 4) is 0 Å². The normalized spacial score (nSPS) is 20.6. The second-order valence-electron chi connectivity index (χ2n) is 4.52. The zero-order valence-electron chi connectivity index (χ0n) is 10.8. The van der Waals surface area contributed by atoms with Crippen LogP contribution >= 0.6 is 11.6 Å². The maximum Gasteiger partial charge on any atom is 0.501 e. The lowest BCUT2D eigenvalue weighted by molar-refractivity contribution is -0.0436. The number of hydrogen-bond donors (Lipinski definition) is 0. The van der Waals surface area contributed by atoms with Crippen LogP contribution in [0.2, 0.25) is 0 Å². The number of sulfone groups is 1. The molecule has 1 atom stereocenters. The number of nitrogens with zero attached hydrogens (tertiary/aromatic N) is 1. The van der Waals surface area contributed by atoms with E-state index >= 15 is 0 Å². The standard InChI is InChI=1S/C12H13ClF3NO3S/c13-7-10-8-20-6-5-17(10)9-1-3-11(4-2-9)21(18,19)12(14,15)16/h1-4,10H,5-8H2. The van der Waals surface area contributed by atoms with Gasteiger partial charge in [-0.3, -0.25) is 0 Å². The van der Waals surface area contributed by atoms with Crippen LogP contribution in [0.15, 0.2) is 29.2 Å². The van der Waals surface area contributed by atoms with E-state index in [1.165, 1.54) is 12.1 Å². The molecule has 0 saturated carbocycles. The van der Waals surface area contributed by atoms with Gasteiger partial charge in [0.15, 0.2) is 0 Å². The molecule has 118 valence electrons. The minimum Gasteiger partial charge on any atom is -0.377 e. The average molecular weight is 344 g/mol. The molecule has 0 N–H and O–H groups in total. The molecule has 0 bridgehead atoms. The van der Waals surface area contributed by atoms with E-state index in [4.69, 9.17) is 16.3 Å². The van der Waals surface area contributed by atoms with Gasteiger partial charge in [-0.25, -0.2) is 8.42 Å². The first kappa shape index (κ1) is 16.4. The number of ether oxygens (including phenoxy) is 1. The Labute approximate surface area is 125 Å². The van der Waals surface area contributed by atoms with Crippen molar-refractivity contribution in [1.82, 2.24) is 0 Å². The molecule has 1 aromatic rings. The smallest absolute Gasteiger partial charge is 0.377 e. The topological polar surface area (TPSA) is 46.6 Å². The SMILES string of the molecule is O=S(=O)(c1ccc(N2CCOCC2CCl)cc1)C(F)(F)F. The molecule has 1 heterocycles. The Hall–Kier alpha value is -0.990. The van der Waals surface area contributed by atoms with E-state index < -0.39 is 20.2 Å². The number of halogens is 4. The molecular weight excluding hydrogens is 331 g/mol. The lowest BCUT2D eigenvalue weighted by Crippen LogP contribution is -2.46. The van der Waals surface area contributed by atoms with Crippen LogP contribution in [-0.2, 0) is 14.6 Å². The van der Waals surface area contributed by atoms with E-state index in [1.54, 1.807) is 0 Å². The first-order valence-electron chi connectivity index (χ1n) is 6.09. The predicted octanol–water partition coefficient (Wildman–Crippen LogP) is 2.42. The van der Waals surface area contributed by atoms with Crippen LogP contribution in [0.1, 0.15) is 0 Å². The fourth-order valence-electron chi connectivity index (χ4n) is 2.07. The summed E-state index contributed by atoms with van der Waals surface area (Å²) < 4.78 is 65.2. The molecule has 9 heteroatoms. The fraction of sp³-hybridized carbons (Fsp3) is 0.500. The Kier molecular flexibility index (Phi) is 4.69. The van der Waals surface area contributed by atoms with E-state index in [-0.39, 0.29) is 6.04 Å². The fourth-order valence-corrected chi connectivity index (χ4v) is 3.09. The highest BCUT2D eigenvalue weighted by Gasteiger charge is 2.46. The first-order chi connectivity index (χ1) is 9.77. The van der Waals surface area contributed by atoms with Gasteiger partial charge in [-0.2, -0.15) is 13.2 Å². The molecule has 1 aliphatic heterocycles. The summed E-state index contributed by atoms with van der Waals surface area (Å²) in [4.78, 5) is 1.12. The van der Waals surface area contributed by atoms with Gasteiger partial charge in [0.05, 0.1) is 24.2 Å². The Morgan fingerprint density at radius 1 is 1.29 bits per heavy atom. The van der Waals surface area contributed by atoms with Gasteiger partial charge in [-0.15, -0.1) is 11.6 Å². The highest BCUT2D eigenvalue weighted by atomic mass is 35.5. The van der Waals surface area contributed by atoms with Crippen molar-refractivity contribution in [1.29, 1.82) is 0 Å². The highest BCUT2D eigenvalue weighted by molar-refractivity contribution is 7.92. The van der Waals surface area contributed by atoms with E-state index in [1.807, 2.05) is 4.90 Å². The number of hydrogen-bond acceptors (Lipinski definition) is 4. The van der Waals surface area contributed by atoms with Gasteiger partial charge >= 0.3 is 5.51 Å². The number of alkyl halides is 4. The lowest BCUT2D eigenvalue weighted by Gasteiger charge is -2.36. The summed E-state index contributed by atoms with van der Waals surface area (Å²) in [7, 11) is -5.31. The van der Waals surface area contributed by atoms with Crippen LogP contribution in [0.25, 0.3) is 0 Å². The van der Waals surface area contributed by atoms with Crippen molar-refractivity contribution >= 4 is 27.1 Å². The van der Waals surface area contributed by atoms with Crippen molar-refractivity contribution in [2.75, 3.05) is 30.5 Å². The summed E-state index contributed by atoms with van der Waals surface area (Å²) in [6.07, 6.45) is 0. The average Bonchev–Trinajstić information content (AvgIpc) is 2.46. The van der Waals surface area contributed by atoms with Crippen LogP contribution in [0.4, 0.5) is 18.9 Å². The molecule has 0 amide bonds. The molecule has 2 rings (SSSR count). The molecule has 1 unspecified atom stereocenters. The van der Waals surface area contributed by atoms with Gasteiger partial charge in [0.2, 0.25) is 0 Å². The molecular formula is C12H13ClF3NO3S. The van der Waals surface area contributed by atoms with Crippen LogP contribution in [0, 0.1) is 0 Å². The third-order valence-corrected chi connectivity index (χ3v) is 5.05. The van der Waals surface area contributed by atoms with Crippen LogP contribution in [-0.4, -0.2) is 45.6 Å². The van der Waals surface area contributed by atoms with Gasteiger partial charge in [0, 0.05) is 18.1 Å². The monoisotopic (exact) mass is 343 g/mol. The van der Waals surface area contributed by atoms with Crippen molar-refractivity contribution in [2.45, 2.75) is 16.4 Å². The second-order valence-corrected chi connectivity index (χ2v) is 6.77. The van der Waals surface area contributed by atoms with Gasteiger partial charge in [0.25, 0.3) is 9.84 Å². The summed E-state index contributed by atoms with van der Waals surface area (Å²) in [5.74, 6) is 0.308. The van der Waals surface area contributed by atoms with E-state index in [9.17, 15) is 21.6 Å². The van der Waals surface area contributed by atoms with Crippen LogP contribution < -0.4 is 4.90 Å². The summed E-state index contributed by atoms with van der Waals surface area (Å²) in [5.41, 5.74) is -4.68. The number of anilines is 1. The molecule has 21 heavy (non-hydrogen) atoms. The van der Waals surface area contributed by atoms with Crippen molar-refractivity contribution < 1.29 is 26.3 Å². The van der Waals surface area contributed by atoms with Gasteiger partial charge in [0.1, 0.15) is 0 Å². The molecule has 0 aliphatic carbocycles. The summed E-state index contributed by atoms with van der Waals surface area (Å²) in [5, 5.41) is 0. The van der Waals surface area contributed by atoms with E-state index in [0.29, 0.717) is 31.3 Å². The van der Waals surface area contributed by atoms with Gasteiger partial charge in [-0.1, -0.05) is 0 Å². The molecule has 0 spiro atoms. The largest absolute Gasteiger partial charge is 0.501 e. The molecule has 1 aromatic carbocycles. The third-order valence-electron chi connectivity index (χ3n) is 3.19. The Balaban J connectivity index is 2.27. The summed E-state index contributed by atoms with van der Waals surface area (Å²) in [6.45, 7) is 1.45. The van der Waals surface area contributed by atoms with E-state index in [0.717, 1.165) is 12.1 Å². The minimum absolute atomic E-state index is 0.0921. The second kappa shape index (κ2) is 6.02. The van der Waals surface area contributed by atoms with Crippen LogP contribution in [0.5, 0.6) is 0 Å². The Morgan fingerprint density at radius 3 is 2.43 bits per heavy atom. The van der Waals surface area contributed by atoms with Crippen molar-refractivity contribution in [2.24, 2.45) is 0 Å². The molecule has 0 radical (unpaired) electrons. The summed E-state index contributed by atoms with van der Waals surface area (Å²) >= 11 is 5.82. The van der Waals surface area contributed by atoms with Crippen molar-refractivity contribution in [3.63, 3.8) is 0 Å². The molecule has 4 nitrogen and oxygen atoms in total. The zero-order valence-corrected chi connectivity index (χ0v) is 12.4. The molecule has 0 aromatic heterocycles. The van der Waals surface area contributed by atoms with Gasteiger partial charge < -0.3 is 9.64 Å². The Bertz CT molecular complexity index is 589. The number of rotatable bonds is 3. The number of morpholine rings is 1. The zero-order chi connectivity index (χ0) is 15.7. The molecule has 1 saturated heterocycles. The summed E-state index contributed by atoms with van der Waals surface area (Å²) in [6, 6.07) is 4.52. The van der Waals surface area contributed by atoms with Crippen molar-refractivity contribution in [3.05, 3.63) is 24.3 Å². The molecule has 1 fully saturated rings. The minimum atomic E-state index is -5.31. The maximum absolute atomic E-state index is 12.5. The Morgan fingerprint density at radius 2 is 1.90 bits per heavy atom. The lowest BCUT2D eigenvalue weighted by atomic mass is 10.2. The maximum atomic E-state index is 12.5. The molecule has 1 aliphatic rings. The quantitative estimate of drug-likeness (QED) is 0.791. The van der Waals surface area contributed by atoms with E-state index in [2.05, 4.69) is 0 Å². The highest BCUT2D eigenvalue weighted by Crippen LogP contribution is 2.31. The third kappa shape index (κ3) is 3.27. The number of benzene rings is 1. The van der Waals surface area contributed by atoms with Gasteiger partial charge in [-0.05, 0) is 24.3 Å². The first-order valence-corrected chi connectivity index (χ1v) is 8.11. The van der Waals surface area contributed by atoms with Crippen LogP contribution in [0.3, 0.4) is 0 Å². The predicted molar refractivity (Wildman–Crippen MR) is 72.4 cm³/mol.